The normalized spacial score (nSPS) is 11.8. The molecule has 2 aromatic rings. The fourth-order valence-electron chi connectivity index (χ4n) is 2.04. The molecule has 20 heavy (non-hydrogen) atoms. The molecule has 0 saturated carbocycles. The van der Waals surface area contributed by atoms with Crippen LogP contribution in [0.2, 0.25) is 0 Å². The van der Waals surface area contributed by atoms with Crippen molar-refractivity contribution in [2.75, 3.05) is 21.3 Å². The summed E-state index contributed by atoms with van der Waals surface area (Å²) in [6.07, 6.45) is -0.786. The number of aliphatic hydroxyl groups is 1. The van der Waals surface area contributed by atoms with E-state index in [0.29, 0.717) is 22.8 Å². The van der Waals surface area contributed by atoms with Gasteiger partial charge in [-0.25, -0.2) is 0 Å². The molecule has 0 aromatic heterocycles. The second-order valence-electron chi connectivity index (χ2n) is 4.29. The highest BCUT2D eigenvalue weighted by atomic mass is 16.5. The molecule has 0 aliphatic carbocycles. The van der Waals surface area contributed by atoms with Gasteiger partial charge in [-0.2, -0.15) is 0 Å². The third kappa shape index (κ3) is 2.86. The Hall–Kier alpha value is -2.20. The average molecular weight is 274 g/mol. The van der Waals surface area contributed by atoms with Gasteiger partial charge in [-0.3, -0.25) is 0 Å². The van der Waals surface area contributed by atoms with E-state index < -0.39 is 6.10 Å². The molecule has 0 aliphatic heterocycles. The van der Waals surface area contributed by atoms with Gasteiger partial charge in [0, 0.05) is 11.6 Å². The van der Waals surface area contributed by atoms with E-state index in [-0.39, 0.29) is 0 Å². The van der Waals surface area contributed by atoms with Crippen molar-refractivity contribution in [2.45, 2.75) is 6.10 Å². The zero-order valence-electron chi connectivity index (χ0n) is 11.8. The summed E-state index contributed by atoms with van der Waals surface area (Å²) >= 11 is 0. The van der Waals surface area contributed by atoms with Crippen LogP contribution in [0.5, 0.6) is 17.2 Å². The molecule has 4 nitrogen and oxygen atoms in total. The van der Waals surface area contributed by atoms with Gasteiger partial charge in [0.1, 0.15) is 23.4 Å². The Morgan fingerprint density at radius 3 is 2.20 bits per heavy atom. The molecule has 0 saturated heterocycles. The molecule has 1 unspecified atom stereocenters. The maximum absolute atomic E-state index is 10.5. The van der Waals surface area contributed by atoms with Gasteiger partial charge in [0.25, 0.3) is 0 Å². The Labute approximate surface area is 118 Å². The van der Waals surface area contributed by atoms with Crippen LogP contribution >= 0.6 is 0 Å². The molecular weight excluding hydrogens is 256 g/mol. The second kappa shape index (κ2) is 6.30. The highest BCUT2D eigenvalue weighted by Gasteiger charge is 2.16. The lowest BCUT2D eigenvalue weighted by atomic mass is 10.0. The van der Waals surface area contributed by atoms with Gasteiger partial charge in [0.05, 0.1) is 21.3 Å². The highest BCUT2D eigenvalue weighted by Crippen LogP contribution is 2.33. The molecule has 2 aromatic carbocycles. The Bertz CT molecular complexity index is 580. The number of hydrogen-bond donors (Lipinski definition) is 1. The van der Waals surface area contributed by atoms with E-state index in [1.807, 2.05) is 18.2 Å². The maximum Gasteiger partial charge on any atom is 0.128 e. The highest BCUT2D eigenvalue weighted by molar-refractivity contribution is 5.46. The first kappa shape index (κ1) is 14.2. The van der Waals surface area contributed by atoms with Crippen LogP contribution < -0.4 is 14.2 Å². The van der Waals surface area contributed by atoms with Crippen molar-refractivity contribution in [3.8, 4) is 17.2 Å². The van der Waals surface area contributed by atoms with Crippen molar-refractivity contribution in [3.05, 3.63) is 53.6 Å². The molecule has 0 spiro atoms. The number of ether oxygens (including phenoxy) is 3. The fourth-order valence-corrected chi connectivity index (χ4v) is 2.04. The predicted octanol–water partition coefficient (Wildman–Crippen LogP) is 2.79. The third-order valence-corrected chi connectivity index (χ3v) is 3.14. The lowest BCUT2D eigenvalue weighted by Crippen LogP contribution is -2.03. The minimum absolute atomic E-state index is 0.583. The van der Waals surface area contributed by atoms with E-state index >= 15 is 0 Å². The Morgan fingerprint density at radius 2 is 1.55 bits per heavy atom. The quantitative estimate of drug-likeness (QED) is 0.910. The van der Waals surface area contributed by atoms with Crippen LogP contribution in [0.3, 0.4) is 0 Å². The first-order valence-corrected chi connectivity index (χ1v) is 6.23. The van der Waals surface area contributed by atoms with Crippen LogP contribution in [-0.4, -0.2) is 26.4 Å². The van der Waals surface area contributed by atoms with E-state index in [4.69, 9.17) is 14.2 Å². The van der Waals surface area contributed by atoms with Crippen molar-refractivity contribution >= 4 is 0 Å². The molecule has 0 fully saturated rings. The predicted molar refractivity (Wildman–Crippen MR) is 76.6 cm³/mol. The third-order valence-electron chi connectivity index (χ3n) is 3.14. The molecule has 0 bridgehead atoms. The van der Waals surface area contributed by atoms with Crippen LogP contribution in [0.25, 0.3) is 0 Å². The van der Waals surface area contributed by atoms with Crippen LogP contribution in [0.4, 0.5) is 0 Å². The van der Waals surface area contributed by atoms with Gasteiger partial charge in [-0.1, -0.05) is 12.1 Å². The molecule has 106 valence electrons. The summed E-state index contributed by atoms with van der Waals surface area (Å²) in [5.74, 6) is 1.97. The van der Waals surface area contributed by atoms with Crippen LogP contribution in [-0.2, 0) is 0 Å². The molecule has 0 radical (unpaired) electrons. The summed E-state index contributed by atoms with van der Waals surface area (Å²) < 4.78 is 15.6. The van der Waals surface area contributed by atoms with Crippen molar-refractivity contribution in [1.29, 1.82) is 0 Å². The summed E-state index contributed by atoms with van der Waals surface area (Å²) in [4.78, 5) is 0. The number of rotatable bonds is 5. The number of hydrogen-bond acceptors (Lipinski definition) is 4. The van der Waals surface area contributed by atoms with Gasteiger partial charge in [0.2, 0.25) is 0 Å². The topological polar surface area (TPSA) is 47.9 Å². The molecule has 1 N–H and O–H groups in total. The summed E-state index contributed by atoms with van der Waals surface area (Å²) in [7, 11) is 4.75. The summed E-state index contributed by atoms with van der Waals surface area (Å²) in [5, 5.41) is 10.5. The van der Waals surface area contributed by atoms with Crippen molar-refractivity contribution < 1.29 is 19.3 Å². The summed E-state index contributed by atoms with van der Waals surface area (Å²) in [6.45, 7) is 0. The molecule has 2 rings (SSSR count). The number of methoxy groups -OCH3 is 3. The smallest absolute Gasteiger partial charge is 0.128 e. The lowest BCUT2D eigenvalue weighted by Gasteiger charge is -2.16. The molecule has 0 heterocycles. The fraction of sp³-hybridized carbons (Fsp3) is 0.250. The van der Waals surface area contributed by atoms with E-state index in [1.165, 1.54) is 0 Å². The minimum atomic E-state index is -0.786. The average Bonchev–Trinajstić information content (AvgIpc) is 2.53. The van der Waals surface area contributed by atoms with Gasteiger partial charge in [0.15, 0.2) is 0 Å². The van der Waals surface area contributed by atoms with Crippen LogP contribution in [0, 0.1) is 0 Å². The number of benzene rings is 2. The summed E-state index contributed by atoms with van der Waals surface area (Å²) in [6, 6.07) is 12.7. The minimum Gasteiger partial charge on any atom is -0.497 e. The van der Waals surface area contributed by atoms with Crippen molar-refractivity contribution in [2.24, 2.45) is 0 Å². The SMILES string of the molecule is COc1cccc(C(O)c2ccc(OC)cc2OC)c1. The first-order valence-electron chi connectivity index (χ1n) is 6.23. The van der Waals surface area contributed by atoms with E-state index in [0.717, 1.165) is 5.56 Å². The molecular formula is C16H18O4. The lowest BCUT2D eigenvalue weighted by molar-refractivity contribution is 0.214. The summed E-state index contributed by atoms with van der Waals surface area (Å²) in [5.41, 5.74) is 1.43. The van der Waals surface area contributed by atoms with E-state index in [2.05, 4.69) is 0 Å². The second-order valence-corrected chi connectivity index (χ2v) is 4.29. The Kier molecular flexibility index (Phi) is 4.48. The van der Waals surface area contributed by atoms with Gasteiger partial charge in [-0.05, 0) is 29.8 Å². The number of aliphatic hydroxyl groups excluding tert-OH is 1. The van der Waals surface area contributed by atoms with Crippen molar-refractivity contribution in [3.63, 3.8) is 0 Å². The molecule has 1 atom stereocenters. The van der Waals surface area contributed by atoms with Gasteiger partial charge >= 0.3 is 0 Å². The van der Waals surface area contributed by atoms with Crippen molar-refractivity contribution in [1.82, 2.24) is 0 Å². The monoisotopic (exact) mass is 274 g/mol. The molecule has 0 amide bonds. The first-order chi connectivity index (χ1) is 9.69. The maximum atomic E-state index is 10.5. The van der Waals surface area contributed by atoms with Crippen LogP contribution in [0.15, 0.2) is 42.5 Å². The molecule has 0 aliphatic rings. The Morgan fingerprint density at radius 1 is 0.850 bits per heavy atom. The molecule has 4 heteroatoms. The Balaban J connectivity index is 2.39. The zero-order valence-corrected chi connectivity index (χ0v) is 11.8. The standard InChI is InChI=1S/C16H18O4/c1-18-12-6-4-5-11(9-12)16(17)14-8-7-13(19-2)10-15(14)20-3/h4-10,16-17H,1-3H3. The van der Waals surface area contributed by atoms with E-state index in [9.17, 15) is 5.11 Å². The van der Waals surface area contributed by atoms with Gasteiger partial charge < -0.3 is 19.3 Å². The van der Waals surface area contributed by atoms with E-state index in [1.54, 1.807) is 45.6 Å². The van der Waals surface area contributed by atoms with Gasteiger partial charge in [-0.15, -0.1) is 0 Å². The van der Waals surface area contributed by atoms with Crippen LogP contribution in [0.1, 0.15) is 17.2 Å². The largest absolute Gasteiger partial charge is 0.497 e. The zero-order chi connectivity index (χ0) is 14.5.